The highest BCUT2D eigenvalue weighted by Gasteiger charge is 2.18. The summed E-state index contributed by atoms with van der Waals surface area (Å²) in [4.78, 5) is 17.4. The van der Waals surface area contributed by atoms with E-state index in [1.165, 1.54) is 11.3 Å². The number of anilines is 1. The van der Waals surface area contributed by atoms with Crippen LogP contribution in [0.5, 0.6) is 0 Å². The first-order valence-electron chi connectivity index (χ1n) is 7.94. The molecule has 27 heavy (non-hydrogen) atoms. The second-order valence-electron chi connectivity index (χ2n) is 5.73. The first kappa shape index (κ1) is 18.4. The second kappa shape index (κ2) is 7.60. The first-order chi connectivity index (χ1) is 13.0. The van der Waals surface area contributed by atoms with Crippen LogP contribution in [0, 0.1) is 0 Å². The SMILES string of the molecule is O=C(Nc1c(Cl)cc(Cl)cc1-c1nc2ccccc2s1)c1ccccc1Br. The Balaban J connectivity index is 1.81. The number of nitrogens with zero attached hydrogens (tertiary/aromatic N) is 1. The van der Waals surface area contributed by atoms with Crippen LogP contribution in [0.2, 0.25) is 10.0 Å². The number of fused-ring (bicyclic) bond motifs is 1. The predicted molar refractivity (Wildman–Crippen MR) is 117 cm³/mol. The number of carbonyl (C=O) groups is 1. The molecule has 0 aliphatic heterocycles. The summed E-state index contributed by atoms with van der Waals surface area (Å²) in [5.41, 5.74) is 2.57. The maximum Gasteiger partial charge on any atom is 0.256 e. The van der Waals surface area contributed by atoms with Crippen LogP contribution in [-0.2, 0) is 0 Å². The van der Waals surface area contributed by atoms with Crippen molar-refractivity contribution in [2.45, 2.75) is 0 Å². The minimum atomic E-state index is -0.269. The van der Waals surface area contributed by atoms with Crippen molar-refractivity contribution in [3.8, 4) is 10.6 Å². The van der Waals surface area contributed by atoms with Gasteiger partial charge in [-0.25, -0.2) is 4.98 Å². The molecule has 4 aromatic rings. The fraction of sp³-hybridized carbons (Fsp3) is 0. The minimum absolute atomic E-state index is 0.269. The van der Waals surface area contributed by atoms with E-state index >= 15 is 0 Å². The van der Waals surface area contributed by atoms with Crippen molar-refractivity contribution >= 4 is 72.3 Å². The molecule has 0 aliphatic carbocycles. The molecule has 0 saturated carbocycles. The Kier molecular flexibility index (Phi) is 5.19. The standard InChI is InChI=1S/C20H11BrCl2N2OS/c21-14-6-2-1-5-12(14)19(26)25-18-13(9-11(22)10-15(18)23)20-24-16-7-3-4-8-17(16)27-20/h1-10H,(H,25,26). The highest BCUT2D eigenvalue weighted by molar-refractivity contribution is 9.10. The third kappa shape index (κ3) is 3.73. The molecule has 4 rings (SSSR count). The molecule has 134 valence electrons. The van der Waals surface area contributed by atoms with Gasteiger partial charge in [0.15, 0.2) is 0 Å². The maximum absolute atomic E-state index is 12.8. The Morgan fingerprint density at radius 1 is 1.04 bits per heavy atom. The number of para-hydroxylation sites is 1. The molecule has 0 radical (unpaired) electrons. The van der Waals surface area contributed by atoms with Gasteiger partial charge < -0.3 is 5.32 Å². The van der Waals surface area contributed by atoms with Gasteiger partial charge in [-0.3, -0.25) is 4.79 Å². The van der Waals surface area contributed by atoms with E-state index in [4.69, 9.17) is 23.2 Å². The van der Waals surface area contributed by atoms with Crippen molar-refractivity contribution in [1.82, 2.24) is 4.98 Å². The highest BCUT2D eigenvalue weighted by atomic mass is 79.9. The summed E-state index contributed by atoms with van der Waals surface area (Å²) in [5, 5.41) is 4.49. The molecule has 3 aromatic carbocycles. The van der Waals surface area contributed by atoms with Crippen LogP contribution in [0.1, 0.15) is 10.4 Å². The third-order valence-corrected chi connectivity index (χ3v) is 6.21. The Hall–Kier alpha value is -1.92. The molecule has 0 unspecified atom stereocenters. The molecule has 1 amide bonds. The molecule has 1 aromatic heterocycles. The molecule has 3 nitrogen and oxygen atoms in total. The smallest absolute Gasteiger partial charge is 0.256 e. The fourth-order valence-electron chi connectivity index (χ4n) is 2.68. The summed E-state index contributed by atoms with van der Waals surface area (Å²) in [6, 6.07) is 18.4. The largest absolute Gasteiger partial charge is 0.320 e. The van der Waals surface area contributed by atoms with E-state index in [-0.39, 0.29) is 5.91 Å². The predicted octanol–water partition coefficient (Wildman–Crippen LogP) is 7.28. The van der Waals surface area contributed by atoms with E-state index in [9.17, 15) is 4.79 Å². The van der Waals surface area contributed by atoms with Crippen molar-refractivity contribution in [2.24, 2.45) is 0 Å². The van der Waals surface area contributed by atoms with Crippen molar-refractivity contribution in [2.75, 3.05) is 5.32 Å². The zero-order chi connectivity index (χ0) is 19.0. The van der Waals surface area contributed by atoms with E-state index in [0.29, 0.717) is 31.3 Å². The van der Waals surface area contributed by atoms with Crippen LogP contribution in [0.4, 0.5) is 5.69 Å². The number of nitrogens with one attached hydrogen (secondary N) is 1. The average Bonchev–Trinajstić information content (AvgIpc) is 3.08. The average molecular weight is 478 g/mol. The van der Waals surface area contributed by atoms with Crippen LogP contribution in [0.25, 0.3) is 20.8 Å². The number of amides is 1. The molecular weight excluding hydrogens is 467 g/mol. The van der Waals surface area contributed by atoms with Gasteiger partial charge in [0, 0.05) is 15.1 Å². The third-order valence-electron chi connectivity index (χ3n) is 3.94. The second-order valence-corrected chi connectivity index (χ2v) is 8.46. The summed E-state index contributed by atoms with van der Waals surface area (Å²) in [5.74, 6) is -0.269. The topological polar surface area (TPSA) is 42.0 Å². The van der Waals surface area contributed by atoms with Crippen molar-refractivity contribution < 1.29 is 4.79 Å². The van der Waals surface area contributed by atoms with Gasteiger partial charge in [-0.1, -0.05) is 47.5 Å². The number of thiazole rings is 1. The molecule has 7 heteroatoms. The molecular formula is C20H11BrCl2N2OS. The van der Waals surface area contributed by atoms with Crippen molar-refractivity contribution in [3.05, 3.63) is 80.7 Å². The van der Waals surface area contributed by atoms with E-state index in [1.807, 2.05) is 36.4 Å². The van der Waals surface area contributed by atoms with Gasteiger partial charge >= 0.3 is 0 Å². The number of hydrogen-bond donors (Lipinski definition) is 1. The lowest BCUT2D eigenvalue weighted by Crippen LogP contribution is -2.13. The Morgan fingerprint density at radius 3 is 2.56 bits per heavy atom. The summed E-state index contributed by atoms with van der Waals surface area (Å²) in [6.07, 6.45) is 0. The quantitative estimate of drug-likeness (QED) is 0.336. The van der Waals surface area contributed by atoms with Crippen LogP contribution in [-0.4, -0.2) is 10.9 Å². The summed E-state index contributed by atoms with van der Waals surface area (Å²) in [6.45, 7) is 0. The molecule has 1 N–H and O–H groups in total. The Labute approximate surface area is 178 Å². The van der Waals surface area contributed by atoms with Crippen LogP contribution < -0.4 is 5.32 Å². The fourth-order valence-corrected chi connectivity index (χ4v) is 4.68. The van der Waals surface area contributed by atoms with Gasteiger partial charge in [0.05, 0.1) is 26.5 Å². The first-order valence-corrected chi connectivity index (χ1v) is 10.3. The number of hydrogen-bond acceptors (Lipinski definition) is 3. The van der Waals surface area contributed by atoms with E-state index in [0.717, 1.165) is 15.2 Å². The Bertz CT molecular complexity index is 1140. The molecule has 0 fully saturated rings. The van der Waals surface area contributed by atoms with Crippen LogP contribution in [0.15, 0.2) is 65.1 Å². The molecule has 1 heterocycles. The van der Waals surface area contributed by atoms with Crippen molar-refractivity contribution in [1.29, 1.82) is 0 Å². The minimum Gasteiger partial charge on any atom is -0.320 e. The zero-order valence-electron chi connectivity index (χ0n) is 13.7. The molecule has 0 aliphatic rings. The number of rotatable bonds is 3. The number of halogens is 3. The van der Waals surface area contributed by atoms with Gasteiger partial charge in [-0.05, 0) is 52.3 Å². The lowest BCUT2D eigenvalue weighted by atomic mass is 10.1. The van der Waals surface area contributed by atoms with Crippen LogP contribution >= 0.6 is 50.5 Å². The lowest BCUT2D eigenvalue weighted by Gasteiger charge is -2.13. The van der Waals surface area contributed by atoms with Gasteiger partial charge in [-0.15, -0.1) is 11.3 Å². The molecule has 0 bridgehead atoms. The number of benzene rings is 3. The number of aromatic nitrogens is 1. The highest BCUT2D eigenvalue weighted by Crippen LogP contribution is 2.40. The van der Waals surface area contributed by atoms with Crippen LogP contribution in [0.3, 0.4) is 0 Å². The normalized spacial score (nSPS) is 10.9. The maximum atomic E-state index is 12.8. The Morgan fingerprint density at radius 2 is 1.78 bits per heavy atom. The van der Waals surface area contributed by atoms with Crippen molar-refractivity contribution in [3.63, 3.8) is 0 Å². The lowest BCUT2D eigenvalue weighted by molar-refractivity contribution is 0.102. The summed E-state index contributed by atoms with van der Waals surface area (Å²) < 4.78 is 1.75. The summed E-state index contributed by atoms with van der Waals surface area (Å²) >= 11 is 17.6. The zero-order valence-corrected chi connectivity index (χ0v) is 17.6. The molecule has 0 spiro atoms. The summed E-state index contributed by atoms with van der Waals surface area (Å²) in [7, 11) is 0. The van der Waals surface area contributed by atoms with Gasteiger partial charge in [0.2, 0.25) is 0 Å². The monoisotopic (exact) mass is 476 g/mol. The van der Waals surface area contributed by atoms with E-state index in [2.05, 4.69) is 26.2 Å². The van der Waals surface area contributed by atoms with E-state index in [1.54, 1.807) is 24.3 Å². The molecule has 0 saturated heterocycles. The van der Waals surface area contributed by atoms with Gasteiger partial charge in [0.1, 0.15) is 5.01 Å². The van der Waals surface area contributed by atoms with Gasteiger partial charge in [0.25, 0.3) is 5.91 Å². The number of carbonyl (C=O) groups excluding carboxylic acids is 1. The molecule has 0 atom stereocenters. The van der Waals surface area contributed by atoms with Gasteiger partial charge in [-0.2, -0.15) is 0 Å². The van der Waals surface area contributed by atoms with E-state index < -0.39 is 0 Å².